The summed E-state index contributed by atoms with van der Waals surface area (Å²) in [6.07, 6.45) is 3.10. The second-order valence-corrected chi connectivity index (χ2v) is 9.12. The van der Waals surface area contributed by atoms with Crippen molar-refractivity contribution in [1.82, 2.24) is 4.90 Å². The largest absolute Gasteiger partial charge is 0.450 e. The minimum absolute atomic E-state index is 0.0667. The molecule has 1 saturated heterocycles. The van der Waals surface area contributed by atoms with Crippen LogP contribution in [0.2, 0.25) is 0 Å². The van der Waals surface area contributed by atoms with Crippen LogP contribution in [0.3, 0.4) is 0 Å². The summed E-state index contributed by atoms with van der Waals surface area (Å²) >= 11 is 0. The van der Waals surface area contributed by atoms with Crippen LogP contribution in [-0.4, -0.2) is 42.5 Å². The number of rotatable bonds is 4. The molecule has 2 unspecified atom stereocenters. The fraction of sp³-hybridized carbons (Fsp3) is 0.296. The Morgan fingerprint density at radius 3 is 2.76 bits per heavy atom. The van der Waals surface area contributed by atoms with Crippen LogP contribution < -0.4 is 10.3 Å². The standard InChI is InChI=1S/C27H24N2O5/c1-3-12-28-20-9-5-4-8-19(20)27(26(28)32)22-23(30)18-14-16(2)10-11-21(18)34-24(22)25(31)29(27)15-17-7-6-13-33-17/h3-5,8-11,14,17H,1,6-7,12-13,15H2,2H3. The number of para-hydroxylation sites is 1. The highest BCUT2D eigenvalue weighted by Gasteiger charge is 2.65. The first-order valence-corrected chi connectivity index (χ1v) is 11.5. The maximum atomic E-state index is 14.3. The van der Waals surface area contributed by atoms with Crippen molar-refractivity contribution in [2.24, 2.45) is 0 Å². The molecule has 2 amide bonds. The highest BCUT2D eigenvalue weighted by Crippen LogP contribution is 2.52. The van der Waals surface area contributed by atoms with Crippen molar-refractivity contribution in [3.05, 3.63) is 87.8 Å². The molecule has 7 nitrogen and oxygen atoms in total. The average Bonchev–Trinajstić information content (AvgIpc) is 3.50. The van der Waals surface area contributed by atoms with Crippen molar-refractivity contribution in [3.8, 4) is 0 Å². The number of carbonyl (C=O) groups is 2. The van der Waals surface area contributed by atoms with Gasteiger partial charge in [0.05, 0.1) is 22.7 Å². The van der Waals surface area contributed by atoms with Gasteiger partial charge in [-0.2, -0.15) is 0 Å². The summed E-state index contributed by atoms with van der Waals surface area (Å²) in [5, 5.41) is 0.359. The van der Waals surface area contributed by atoms with Gasteiger partial charge in [0.1, 0.15) is 5.58 Å². The van der Waals surface area contributed by atoms with Gasteiger partial charge >= 0.3 is 0 Å². The Balaban J connectivity index is 1.70. The van der Waals surface area contributed by atoms with Gasteiger partial charge in [0, 0.05) is 25.3 Å². The molecule has 2 atom stereocenters. The maximum absolute atomic E-state index is 14.3. The van der Waals surface area contributed by atoms with Gasteiger partial charge in [-0.1, -0.05) is 35.9 Å². The van der Waals surface area contributed by atoms with Gasteiger partial charge in [-0.25, -0.2) is 0 Å². The second-order valence-electron chi connectivity index (χ2n) is 9.12. The quantitative estimate of drug-likeness (QED) is 0.562. The molecule has 172 valence electrons. The zero-order valence-corrected chi connectivity index (χ0v) is 18.9. The molecule has 3 aliphatic heterocycles. The predicted molar refractivity (Wildman–Crippen MR) is 127 cm³/mol. The molecule has 0 aliphatic carbocycles. The van der Waals surface area contributed by atoms with E-state index in [2.05, 4.69) is 6.58 Å². The maximum Gasteiger partial charge on any atom is 0.291 e. The lowest BCUT2D eigenvalue weighted by molar-refractivity contribution is -0.126. The number of hydrogen-bond acceptors (Lipinski definition) is 5. The third-order valence-corrected chi connectivity index (χ3v) is 7.11. The minimum Gasteiger partial charge on any atom is -0.450 e. The van der Waals surface area contributed by atoms with E-state index < -0.39 is 11.4 Å². The number of aryl methyl sites for hydroxylation is 1. The Labute approximate surface area is 196 Å². The van der Waals surface area contributed by atoms with Gasteiger partial charge < -0.3 is 19.0 Å². The van der Waals surface area contributed by atoms with E-state index in [-0.39, 0.29) is 41.9 Å². The van der Waals surface area contributed by atoms with E-state index in [9.17, 15) is 14.4 Å². The van der Waals surface area contributed by atoms with E-state index in [0.29, 0.717) is 28.8 Å². The van der Waals surface area contributed by atoms with E-state index in [4.69, 9.17) is 9.15 Å². The van der Waals surface area contributed by atoms with Crippen molar-refractivity contribution in [2.45, 2.75) is 31.4 Å². The van der Waals surface area contributed by atoms with Gasteiger partial charge in [0.2, 0.25) is 5.76 Å². The molecule has 0 bridgehead atoms. The topological polar surface area (TPSA) is 80.1 Å². The van der Waals surface area contributed by atoms with Gasteiger partial charge in [0.15, 0.2) is 11.0 Å². The normalized spacial score (nSPS) is 23.3. The van der Waals surface area contributed by atoms with Crippen LogP contribution in [0, 0.1) is 6.92 Å². The Morgan fingerprint density at radius 1 is 1.18 bits per heavy atom. The van der Waals surface area contributed by atoms with Crippen LogP contribution in [0.4, 0.5) is 5.69 Å². The van der Waals surface area contributed by atoms with Crippen molar-refractivity contribution in [2.75, 3.05) is 24.6 Å². The number of benzene rings is 2. The van der Waals surface area contributed by atoms with Crippen LogP contribution in [0.25, 0.3) is 11.0 Å². The smallest absolute Gasteiger partial charge is 0.291 e. The summed E-state index contributed by atoms with van der Waals surface area (Å²) in [5.41, 5.74) is 0.625. The first-order valence-electron chi connectivity index (χ1n) is 11.5. The number of nitrogens with zero attached hydrogens (tertiary/aromatic N) is 2. The summed E-state index contributed by atoms with van der Waals surface area (Å²) in [6, 6.07) is 12.6. The summed E-state index contributed by atoms with van der Waals surface area (Å²) in [4.78, 5) is 45.3. The first-order chi connectivity index (χ1) is 16.5. The van der Waals surface area contributed by atoms with Crippen molar-refractivity contribution in [1.29, 1.82) is 0 Å². The van der Waals surface area contributed by atoms with E-state index in [1.807, 2.05) is 37.3 Å². The van der Waals surface area contributed by atoms with Crippen LogP contribution in [0.5, 0.6) is 0 Å². The second kappa shape index (κ2) is 7.40. The zero-order valence-electron chi connectivity index (χ0n) is 18.9. The Hall–Kier alpha value is -3.71. The number of ether oxygens (including phenoxy) is 1. The molecule has 3 aliphatic rings. The molecule has 1 fully saturated rings. The highest BCUT2D eigenvalue weighted by molar-refractivity contribution is 6.17. The molecule has 0 saturated carbocycles. The van der Waals surface area contributed by atoms with Gasteiger partial charge in [0.25, 0.3) is 11.8 Å². The first kappa shape index (κ1) is 20.9. The van der Waals surface area contributed by atoms with Gasteiger partial charge in [-0.15, -0.1) is 6.58 Å². The van der Waals surface area contributed by atoms with E-state index in [1.54, 1.807) is 23.1 Å². The molecule has 4 heterocycles. The molecule has 34 heavy (non-hydrogen) atoms. The number of hydrogen-bond donors (Lipinski definition) is 0. The third kappa shape index (κ3) is 2.58. The average molecular weight is 456 g/mol. The Bertz CT molecular complexity index is 1430. The molecular weight excluding hydrogens is 432 g/mol. The predicted octanol–water partition coefficient (Wildman–Crippen LogP) is 3.51. The molecular formula is C27H24N2O5. The molecule has 0 N–H and O–H groups in total. The molecule has 0 radical (unpaired) electrons. The lowest BCUT2D eigenvalue weighted by Crippen LogP contribution is -2.55. The van der Waals surface area contributed by atoms with Crippen molar-refractivity contribution >= 4 is 28.5 Å². The Kier molecular flexibility index (Phi) is 4.54. The lowest BCUT2D eigenvalue weighted by atomic mass is 9.83. The van der Waals surface area contributed by atoms with Crippen LogP contribution in [0.15, 0.2) is 64.3 Å². The number of anilines is 1. The molecule has 1 spiro atoms. The SMILES string of the molecule is C=CCN1C(=O)C2(c3ccccc31)c1c(oc3ccc(C)cc3c1=O)C(=O)N2CC1CCCO1. The number of amides is 2. The molecule has 3 aromatic rings. The summed E-state index contributed by atoms with van der Waals surface area (Å²) in [5.74, 6) is -0.880. The lowest BCUT2D eigenvalue weighted by Gasteiger charge is -2.35. The van der Waals surface area contributed by atoms with Crippen LogP contribution >= 0.6 is 0 Å². The van der Waals surface area contributed by atoms with Crippen LogP contribution in [0.1, 0.15) is 40.1 Å². The molecule has 6 rings (SSSR count). The minimum atomic E-state index is -1.60. The van der Waals surface area contributed by atoms with Crippen molar-refractivity contribution < 1.29 is 18.7 Å². The zero-order chi connectivity index (χ0) is 23.6. The molecule has 2 aromatic carbocycles. The third-order valence-electron chi connectivity index (χ3n) is 7.11. The van der Waals surface area contributed by atoms with Gasteiger partial charge in [-0.05, 0) is 38.0 Å². The highest BCUT2D eigenvalue weighted by atomic mass is 16.5. The molecule has 1 aromatic heterocycles. The fourth-order valence-electron chi connectivity index (χ4n) is 5.66. The number of carbonyl (C=O) groups excluding carboxylic acids is 2. The van der Waals surface area contributed by atoms with E-state index in [0.717, 1.165) is 18.4 Å². The fourth-order valence-corrected chi connectivity index (χ4v) is 5.66. The molecule has 7 heteroatoms. The summed E-state index contributed by atoms with van der Waals surface area (Å²) < 4.78 is 11.9. The van der Waals surface area contributed by atoms with Gasteiger partial charge in [-0.3, -0.25) is 14.4 Å². The summed E-state index contributed by atoms with van der Waals surface area (Å²) in [6.45, 7) is 6.75. The monoisotopic (exact) mass is 456 g/mol. The Morgan fingerprint density at radius 2 is 2.00 bits per heavy atom. The number of fused-ring (bicyclic) bond motifs is 5. The van der Waals surface area contributed by atoms with E-state index >= 15 is 0 Å². The van der Waals surface area contributed by atoms with E-state index in [1.165, 1.54) is 4.90 Å². The van der Waals surface area contributed by atoms with Crippen molar-refractivity contribution in [3.63, 3.8) is 0 Å². The van der Waals surface area contributed by atoms with Crippen LogP contribution in [-0.2, 0) is 15.1 Å². The summed E-state index contributed by atoms with van der Waals surface area (Å²) in [7, 11) is 0.